The lowest BCUT2D eigenvalue weighted by molar-refractivity contribution is -0.122. The maximum atomic E-state index is 13.5. The van der Waals surface area contributed by atoms with E-state index in [-0.39, 0.29) is 17.0 Å². The highest BCUT2D eigenvalue weighted by Gasteiger charge is 2.34. The number of piperidine rings is 1. The summed E-state index contributed by atoms with van der Waals surface area (Å²) in [5, 5.41) is 9.93. The monoisotopic (exact) mass is 556 g/mol. The number of unbranched alkanes of at least 4 members (excludes halogenated alkanes) is 6. The van der Waals surface area contributed by atoms with Crippen LogP contribution in [0.5, 0.6) is 0 Å². The molecule has 3 rings (SSSR count). The Balaban J connectivity index is 2.02. The van der Waals surface area contributed by atoms with Gasteiger partial charge in [0.1, 0.15) is 21.8 Å². The molecule has 6 nitrogen and oxygen atoms in total. The Morgan fingerprint density at radius 2 is 1.63 bits per heavy atom. The number of hydrogen-bond donors (Lipinski definition) is 0. The maximum Gasteiger partial charge on any atom is 0.270 e. The summed E-state index contributed by atoms with van der Waals surface area (Å²) < 4.78 is 2.39. The van der Waals surface area contributed by atoms with Gasteiger partial charge in [0, 0.05) is 31.7 Å². The van der Waals surface area contributed by atoms with Gasteiger partial charge < -0.3 is 4.90 Å². The SMILES string of the molecule is CCCCCCCCN1C(=O)/C(=C\c2c(C)c(C#N)c(=O)n(CCCC)c2N2CC(C)CC(C)C2)SC1=S. The number of rotatable bonds is 12. The Hall–Kier alpha value is -2.11. The van der Waals surface area contributed by atoms with Crippen LogP contribution in [-0.2, 0) is 11.3 Å². The summed E-state index contributed by atoms with van der Waals surface area (Å²) in [6.07, 6.45) is 11.8. The van der Waals surface area contributed by atoms with Gasteiger partial charge in [-0.1, -0.05) is 90.2 Å². The fraction of sp³-hybridized carbons (Fsp3) is 0.667. The highest BCUT2D eigenvalue weighted by molar-refractivity contribution is 8.26. The van der Waals surface area contributed by atoms with Crippen LogP contribution in [0.25, 0.3) is 6.08 Å². The summed E-state index contributed by atoms with van der Waals surface area (Å²) in [6, 6.07) is 2.16. The Kier molecular flexibility index (Phi) is 11.5. The number of pyridine rings is 1. The number of thioether (sulfide) groups is 1. The third kappa shape index (κ3) is 7.09. The van der Waals surface area contributed by atoms with E-state index in [1.165, 1.54) is 37.4 Å². The van der Waals surface area contributed by atoms with Gasteiger partial charge in [0.05, 0.1) is 4.91 Å². The number of amides is 1. The molecule has 2 aliphatic heterocycles. The fourth-order valence-electron chi connectivity index (χ4n) is 5.72. The summed E-state index contributed by atoms with van der Waals surface area (Å²) >= 11 is 6.95. The number of aromatic nitrogens is 1. The standard InChI is InChI=1S/C30H44N4O2S2/c1-6-8-10-11-12-13-15-34-29(36)26(38-30(34)37)17-24-23(5)25(18-31)28(35)33(14-9-7-2)27(24)32-19-21(3)16-22(4)20-32/h17,21-22H,6-16,19-20H2,1-5H3/b26-17+. The molecule has 0 radical (unpaired) electrons. The molecule has 0 N–H and O–H groups in total. The van der Waals surface area contributed by atoms with Crippen molar-refractivity contribution in [3.8, 4) is 6.07 Å². The first-order valence-corrected chi connectivity index (χ1v) is 15.6. The highest BCUT2D eigenvalue weighted by atomic mass is 32.2. The lowest BCUT2D eigenvalue weighted by Gasteiger charge is -2.39. The van der Waals surface area contributed by atoms with E-state index in [2.05, 4.69) is 38.7 Å². The van der Waals surface area contributed by atoms with Crippen LogP contribution in [0.15, 0.2) is 9.70 Å². The number of hydrogen-bond acceptors (Lipinski definition) is 6. The van der Waals surface area contributed by atoms with E-state index >= 15 is 0 Å². The van der Waals surface area contributed by atoms with Crippen molar-refractivity contribution >= 4 is 46.1 Å². The summed E-state index contributed by atoms with van der Waals surface area (Å²) in [5.41, 5.74) is 1.38. The van der Waals surface area contributed by atoms with Crippen LogP contribution >= 0.6 is 24.0 Å². The van der Waals surface area contributed by atoms with Gasteiger partial charge in [-0.3, -0.25) is 19.1 Å². The minimum Gasteiger partial charge on any atom is -0.357 e. The van der Waals surface area contributed by atoms with Crippen molar-refractivity contribution in [2.24, 2.45) is 11.8 Å². The Labute approximate surface area is 238 Å². The fourth-order valence-corrected chi connectivity index (χ4v) is 7.01. The molecule has 1 aromatic heterocycles. The minimum absolute atomic E-state index is 0.0656. The molecular formula is C30H44N4O2S2. The van der Waals surface area contributed by atoms with Gasteiger partial charge >= 0.3 is 0 Å². The highest BCUT2D eigenvalue weighted by Crippen LogP contribution is 2.37. The molecule has 2 atom stereocenters. The molecule has 3 heterocycles. The zero-order valence-electron chi connectivity index (χ0n) is 23.8. The topological polar surface area (TPSA) is 69.3 Å². The van der Waals surface area contributed by atoms with Gasteiger partial charge in [-0.2, -0.15) is 5.26 Å². The van der Waals surface area contributed by atoms with Crippen molar-refractivity contribution in [1.29, 1.82) is 5.26 Å². The number of carbonyl (C=O) groups is 1. The molecule has 1 amide bonds. The third-order valence-corrected chi connectivity index (χ3v) is 9.01. The number of carbonyl (C=O) groups excluding carboxylic acids is 1. The van der Waals surface area contributed by atoms with Crippen molar-refractivity contribution in [3.63, 3.8) is 0 Å². The van der Waals surface area contributed by atoms with Crippen LogP contribution in [0.1, 0.15) is 102 Å². The second-order valence-electron chi connectivity index (χ2n) is 11.1. The van der Waals surface area contributed by atoms with E-state index in [0.29, 0.717) is 39.7 Å². The van der Waals surface area contributed by atoms with Crippen LogP contribution in [0.2, 0.25) is 0 Å². The molecule has 1 aromatic rings. The van der Waals surface area contributed by atoms with Gasteiger partial charge in [0.2, 0.25) is 0 Å². The lowest BCUT2D eigenvalue weighted by atomic mass is 9.91. The molecule has 8 heteroatoms. The molecule has 0 aromatic carbocycles. The van der Waals surface area contributed by atoms with Crippen LogP contribution in [-0.4, -0.2) is 39.3 Å². The predicted molar refractivity (Wildman–Crippen MR) is 163 cm³/mol. The van der Waals surface area contributed by atoms with E-state index in [0.717, 1.165) is 56.6 Å². The Bertz CT molecular complexity index is 1140. The molecule has 38 heavy (non-hydrogen) atoms. The van der Waals surface area contributed by atoms with Crippen molar-refractivity contribution in [2.45, 2.75) is 99.0 Å². The van der Waals surface area contributed by atoms with E-state index in [4.69, 9.17) is 12.2 Å². The molecule has 0 aliphatic carbocycles. The molecule has 0 bridgehead atoms. The predicted octanol–water partition coefficient (Wildman–Crippen LogP) is 6.87. The lowest BCUT2D eigenvalue weighted by Crippen LogP contribution is -2.43. The summed E-state index contributed by atoms with van der Waals surface area (Å²) in [7, 11) is 0. The Morgan fingerprint density at radius 3 is 2.26 bits per heavy atom. The maximum absolute atomic E-state index is 13.5. The van der Waals surface area contributed by atoms with E-state index < -0.39 is 0 Å². The average molecular weight is 557 g/mol. The molecule has 2 saturated heterocycles. The molecular weight excluding hydrogens is 512 g/mol. The van der Waals surface area contributed by atoms with Crippen LogP contribution < -0.4 is 10.5 Å². The molecule has 208 valence electrons. The van der Waals surface area contributed by atoms with Crippen LogP contribution in [0, 0.1) is 30.1 Å². The molecule has 0 saturated carbocycles. The number of thiocarbonyl (C=S) groups is 1. The largest absolute Gasteiger partial charge is 0.357 e. The number of anilines is 1. The smallest absolute Gasteiger partial charge is 0.270 e. The third-order valence-electron chi connectivity index (χ3n) is 7.63. The first kappa shape index (κ1) is 30.4. The number of nitrogens with zero attached hydrogens (tertiary/aromatic N) is 4. The van der Waals surface area contributed by atoms with Gasteiger partial charge in [-0.25, -0.2) is 0 Å². The first-order valence-electron chi connectivity index (χ1n) is 14.4. The zero-order valence-corrected chi connectivity index (χ0v) is 25.5. The normalized spacial score (nSPS) is 21.0. The van der Waals surface area contributed by atoms with E-state index in [1.54, 1.807) is 9.47 Å². The first-order chi connectivity index (χ1) is 18.2. The van der Waals surface area contributed by atoms with Crippen molar-refractivity contribution in [1.82, 2.24) is 9.47 Å². The number of nitriles is 1. The summed E-state index contributed by atoms with van der Waals surface area (Å²) in [5.74, 6) is 1.77. The zero-order chi connectivity index (χ0) is 27.8. The van der Waals surface area contributed by atoms with E-state index in [9.17, 15) is 14.9 Å². The second-order valence-corrected chi connectivity index (χ2v) is 12.8. The van der Waals surface area contributed by atoms with Gasteiger partial charge in [-0.15, -0.1) is 0 Å². The van der Waals surface area contributed by atoms with Gasteiger partial charge in [0.15, 0.2) is 0 Å². The van der Waals surface area contributed by atoms with Crippen LogP contribution in [0.3, 0.4) is 0 Å². The Morgan fingerprint density at radius 1 is 1.00 bits per heavy atom. The quantitative estimate of drug-likeness (QED) is 0.159. The van der Waals surface area contributed by atoms with E-state index in [1.807, 2.05) is 13.0 Å². The van der Waals surface area contributed by atoms with Crippen molar-refractivity contribution in [3.05, 3.63) is 31.9 Å². The molecule has 2 unspecified atom stereocenters. The second kappa shape index (κ2) is 14.3. The minimum atomic E-state index is -0.230. The van der Waals surface area contributed by atoms with Gasteiger partial charge in [0.25, 0.3) is 11.5 Å². The molecule has 2 aliphatic rings. The summed E-state index contributed by atoms with van der Waals surface area (Å²) in [4.78, 5) is 31.6. The van der Waals surface area contributed by atoms with Gasteiger partial charge in [-0.05, 0) is 49.7 Å². The summed E-state index contributed by atoms with van der Waals surface area (Å²) in [6.45, 7) is 13.5. The van der Waals surface area contributed by atoms with Crippen LogP contribution in [0.4, 0.5) is 5.82 Å². The molecule has 0 spiro atoms. The average Bonchev–Trinajstić information content (AvgIpc) is 3.13. The van der Waals surface area contributed by atoms with Crippen molar-refractivity contribution in [2.75, 3.05) is 24.5 Å². The van der Waals surface area contributed by atoms with Crippen molar-refractivity contribution < 1.29 is 4.79 Å². The molecule has 2 fully saturated rings.